The number of carboxylic acids is 2. The van der Waals surface area contributed by atoms with Crippen LogP contribution in [0, 0.1) is 5.92 Å². The van der Waals surface area contributed by atoms with E-state index in [1.54, 1.807) is 30.5 Å². The fourth-order valence-corrected chi connectivity index (χ4v) is 4.59. The highest BCUT2D eigenvalue weighted by Gasteiger charge is 2.32. The number of nitrogens with two attached hydrogens (primary N) is 1. The van der Waals surface area contributed by atoms with Crippen molar-refractivity contribution in [1.82, 2.24) is 20.9 Å². The lowest BCUT2D eigenvalue weighted by atomic mass is 10.0. The summed E-state index contributed by atoms with van der Waals surface area (Å²) in [4.78, 5) is 66.1. The van der Waals surface area contributed by atoms with Gasteiger partial charge in [-0.25, -0.2) is 4.79 Å². The van der Waals surface area contributed by atoms with Crippen LogP contribution in [0.1, 0.15) is 37.8 Å². The van der Waals surface area contributed by atoms with Crippen molar-refractivity contribution in [2.75, 3.05) is 0 Å². The molecule has 3 amide bonds. The van der Waals surface area contributed by atoms with E-state index < -0.39 is 60.2 Å². The van der Waals surface area contributed by atoms with Gasteiger partial charge in [-0.1, -0.05) is 62.4 Å². The monoisotopic (exact) mass is 579 g/mol. The van der Waals surface area contributed by atoms with Crippen LogP contribution in [0.4, 0.5) is 0 Å². The molecule has 8 N–H and O–H groups in total. The Morgan fingerprint density at radius 2 is 1.38 bits per heavy atom. The van der Waals surface area contributed by atoms with Crippen molar-refractivity contribution in [3.05, 3.63) is 71.9 Å². The maximum atomic E-state index is 13.4. The van der Waals surface area contributed by atoms with Crippen LogP contribution >= 0.6 is 0 Å². The van der Waals surface area contributed by atoms with E-state index in [4.69, 9.17) is 5.73 Å². The first kappa shape index (κ1) is 31.8. The molecule has 1 heterocycles. The molecule has 42 heavy (non-hydrogen) atoms. The van der Waals surface area contributed by atoms with Crippen molar-refractivity contribution in [1.29, 1.82) is 0 Å². The largest absolute Gasteiger partial charge is 0.481 e. The van der Waals surface area contributed by atoms with Gasteiger partial charge in [0.25, 0.3) is 0 Å². The number of aliphatic carboxylic acids is 2. The van der Waals surface area contributed by atoms with E-state index in [1.165, 1.54) is 0 Å². The number of benzene rings is 2. The highest BCUT2D eigenvalue weighted by molar-refractivity contribution is 5.96. The Bertz CT molecular complexity index is 1410. The number of hydrogen-bond donors (Lipinski definition) is 7. The molecule has 4 unspecified atom stereocenters. The highest BCUT2D eigenvalue weighted by Crippen LogP contribution is 2.19. The lowest BCUT2D eigenvalue weighted by Gasteiger charge is -2.25. The number of hydrogen-bond acceptors (Lipinski definition) is 6. The van der Waals surface area contributed by atoms with Crippen LogP contribution in [0.25, 0.3) is 10.9 Å². The third-order valence-electron chi connectivity index (χ3n) is 6.70. The molecular formula is C30H37N5O7. The van der Waals surface area contributed by atoms with Gasteiger partial charge in [0.05, 0.1) is 12.5 Å². The molecule has 0 saturated heterocycles. The smallest absolute Gasteiger partial charge is 0.326 e. The van der Waals surface area contributed by atoms with E-state index in [-0.39, 0.29) is 25.2 Å². The van der Waals surface area contributed by atoms with Crippen LogP contribution in [0.2, 0.25) is 0 Å². The molecule has 1 aromatic heterocycles. The molecule has 4 atom stereocenters. The number of rotatable bonds is 15. The standard InChI is InChI=1S/C30H37N5O7/c1-17(2)12-25(30(41)42)35-28(39)23(14-19-16-32-22-11-7-6-10-20(19)22)34-29(40)24(15-26(36)37)33-27(38)21(31)13-18-8-4-3-5-9-18/h3-11,16-17,21,23-25,32H,12-15,31H2,1-2H3,(H,33,38)(H,34,40)(H,35,39)(H,36,37)(H,41,42). The van der Waals surface area contributed by atoms with Gasteiger partial charge in [0.15, 0.2) is 0 Å². The number of nitrogens with one attached hydrogen (secondary N) is 4. The zero-order valence-electron chi connectivity index (χ0n) is 23.5. The van der Waals surface area contributed by atoms with Gasteiger partial charge in [0.2, 0.25) is 17.7 Å². The van der Waals surface area contributed by atoms with E-state index in [1.807, 2.05) is 44.2 Å². The van der Waals surface area contributed by atoms with Gasteiger partial charge in [0.1, 0.15) is 18.1 Å². The van der Waals surface area contributed by atoms with E-state index >= 15 is 0 Å². The molecule has 0 spiro atoms. The summed E-state index contributed by atoms with van der Waals surface area (Å²) in [6.45, 7) is 3.63. The van der Waals surface area contributed by atoms with E-state index in [2.05, 4.69) is 20.9 Å². The van der Waals surface area contributed by atoms with Crippen LogP contribution in [-0.4, -0.2) is 69.0 Å². The van der Waals surface area contributed by atoms with Crippen LogP contribution in [0.5, 0.6) is 0 Å². The summed E-state index contributed by atoms with van der Waals surface area (Å²) in [5.74, 6) is -5.04. The average Bonchev–Trinajstić information content (AvgIpc) is 3.34. The van der Waals surface area contributed by atoms with Crippen molar-refractivity contribution in [2.45, 2.75) is 63.7 Å². The fourth-order valence-electron chi connectivity index (χ4n) is 4.59. The van der Waals surface area contributed by atoms with Crippen molar-refractivity contribution in [3.63, 3.8) is 0 Å². The van der Waals surface area contributed by atoms with Crippen molar-refractivity contribution in [3.8, 4) is 0 Å². The molecule has 0 saturated carbocycles. The minimum absolute atomic E-state index is 0.0309. The number of H-pyrrole nitrogens is 1. The molecule has 224 valence electrons. The molecule has 0 bridgehead atoms. The van der Waals surface area contributed by atoms with Crippen molar-refractivity contribution >= 4 is 40.6 Å². The first-order valence-electron chi connectivity index (χ1n) is 13.6. The summed E-state index contributed by atoms with van der Waals surface area (Å²) < 4.78 is 0. The van der Waals surface area contributed by atoms with Crippen LogP contribution in [0.3, 0.4) is 0 Å². The molecular weight excluding hydrogens is 542 g/mol. The van der Waals surface area contributed by atoms with Gasteiger partial charge in [-0.3, -0.25) is 19.2 Å². The van der Waals surface area contributed by atoms with Gasteiger partial charge < -0.3 is 36.9 Å². The predicted molar refractivity (Wildman–Crippen MR) is 155 cm³/mol. The van der Waals surface area contributed by atoms with Crippen molar-refractivity contribution in [2.24, 2.45) is 11.7 Å². The minimum atomic E-state index is -1.54. The Morgan fingerprint density at radius 3 is 2.02 bits per heavy atom. The maximum Gasteiger partial charge on any atom is 0.326 e. The molecule has 3 rings (SSSR count). The van der Waals surface area contributed by atoms with Crippen LogP contribution in [-0.2, 0) is 36.8 Å². The Labute approximate surface area is 243 Å². The topological polar surface area (TPSA) is 204 Å². The van der Waals surface area contributed by atoms with Gasteiger partial charge in [0, 0.05) is 23.5 Å². The van der Waals surface area contributed by atoms with Crippen molar-refractivity contribution < 1.29 is 34.2 Å². The zero-order valence-corrected chi connectivity index (χ0v) is 23.5. The second-order valence-corrected chi connectivity index (χ2v) is 10.6. The third kappa shape index (κ3) is 9.16. The summed E-state index contributed by atoms with van der Waals surface area (Å²) >= 11 is 0. The minimum Gasteiger partial charge on any atom is -0.481 e. The molecule has 0 aliphatic carbocycles. The first-order chi connectivity index (χ1) is 19.9. The summed E-state index contributed by atoms with van der Waals surface area (Å²) in [6, 6.07) is 11.2. The normalized spacial score (nSPS) is 14.0. The van der Waals surface area contributed by atoms with Crippen LogP contribution in [0.15, 0.2) is 60.8 Å². The molecule has 0 aliphatic heterocycles. The number of aromatic nitrogens is 1. The molecule has 3 aromatic rings. The lowest BCUT2D eigenvalue weighted by molar-refractivity contribution is -0.143. The number of amides is 3. The summed E-state index contributed by atoms with van der Waals surface area (Å²) in [5, 5.41) is 27.3. The molecule has 0 fully saturated rings. The molecule has 12 nitrogen and oxygen atoms in total. The Morgan fingerprint density at radius 1 is 0.786 bits per heavy atom. The number of carbonyl (C=O) groups is 5. The number of carbonyl (C=O) groups excluding carboxylic acids is 3. The molecule has 0 aliphatic rings. The quantitative estimate of drug-likeness (QED) is 0.140. The molecule has 2 aromatic carbocycles. The highest BCUT2D eigenvalue weighted by atomic mass is 16.4. The second-order valence-electron chi connectivity index (χ2n) is 10.6. The number of fused-ring (bicyclic) bond motifs is 1. The molecule has 12 heteroatoms. The predicted octanol–water partition coefficient (Wildman–Crippen LogP) is 1.34. The number of aromatic amines is 1. The van der Waals surface area contributed by atoms with E-state index in [0.717, 1.165) is 16.5 Å². The Hall–Kier alpha value is -4.71. The second kappa shape index (κ2) is 14.8. The van der Waals surface area contributed by atoms with Gasteiger partial charge >= 0.3 is 11.9 Å². The van der Waals surface area contributed by atoms with E-state index in [0.29, 0.717) is 5.56 Å². The average molecular weight is 580 g/mol. The Balaban J connectivity index is 1.82. The number of para-hydroxylation sites is 1. The fraction of sp³-hybridized carbons (Fsp3) is 0.367. The first-order valence-corrected chi connectivity index (χ1v) is 13.6. The third-order valence-corrected chi connectivity index (χ3v) is 6.70. The lowest BCUT2D eigenvalue weighted by Crippen LogP contribution is -2.58. The number of carboxylic acid groups (broad SMARTS) is 2. The van der Waals surface area contributed by atoms with Gasteiger partial charge in [-0.05, 0) is 36.0 Å². The molecule has 0 radical (unpaired) electrons. The van der Waals surface area contributed by atoms with E-state index in [9.17, 15) is 34.2 Å². The zero-order chi connectivity index (χ0) is 30.8. The summed E-state index contributed by atoms with van der Waals surface area (Å²) in [5.41, 5.74) is 8.28. The van der Waals surface area contributed by atoms with Gasteiger partial charge in [-0.2, -0.15) is 0 Å². The Kier molecular flexibility index (Phi) is 11.2. The SMILES string of the molecule is CC(C)CC(NC(=O)C(Cc1c[nH]c2ccccc12)NC(=O)C(CC(=O)O)NC(=O)C(N)Cc1ccccc1)C(=O)O. The van der Waals surface area contributed by atoms with Gasteiger partial charge in [-0.15, -0.1) is 0 Å². The summed E-state index contributed by atoms with van der Waals surface area (Å²) in [6.07, 6.45) is 1.20. The van der Waals surface area contributed by atoms with Crippen LogP contribution < -0.4 is 21.7 Å². The summed E-state index contributed by atoms with van der Waals surface area (Å²) in [7, 11) is 0. The maximum absolute atomic E-state index is 13.4.